The number of hydrogen-bond acceptors (Lipinski definition) is 3. The Morgan fingerprint density at radius 1 is 1.60 bits per heavy atom. The smallest absolute Gasteiger partial charge is 0.238 e. The standard InChI is InChI=1S/C6H7NO3/c1-3(8)5-4(9)2-7-6(5)10/h5H,2H2,1H3,(H,7,10)/t5-/m1/s1. The molecule has 0 radical (unpaired) electrons. The van der Waals surface area contributed by atoms with Crippen molar-refractivity contribution in [2.75, 3.05) is 6.54 Å². The average molecular weight is 141 g/mol. The second-order valence-corrected chi connectivity index (χ2v) is 2.23. The zero-order valence-corrected chi connectivity index (χ0v) is 5.51. The highest BCUT2D eigenvalue weighted by Gasteiger charge is 2.36. The van der Waals surface area contributed by atoms with Crippen LogP contribution in [0.15, 0.2) is 0 Å². The molecule has 1 atom stereocenters. The molecule has 0 aromatic carbocycles. The second kappa shape index (κ2) is 2.21. The van der Waals surface area contributed by atoms with Crippen LogP contribution in [0.4, 0.5) is 0 Å². The van der Waals surface area contributed by atoms with Crippen molar-refractivity contribution in [3.63, 3.8) is 0 Å². The Balaban J connectivity index is 2.82. The number of carbonyl (C=O) groups is 3. The Kier molecular flexibility index (Phi) is 1.53. The maximum atomic E-state index is 10.7. The summed E-state index contributed by atoms with van der Waals surface area (Å²) in [5.74, 6) is -2.19. The van der Waals surface area contributed by atoms with Crippen LogP contribution in [0.1, 0.15) is 6.92 Å². The summed E-state index contributed by atoms with van der Waals surface area (Å²) in [6, 6.07) is 0. The van der Waals surface area contributed by atoms with Crippen LogP contribution in [-0.4, -0.2) is 24.0 Å². The van der Waals surface area contributed by atoms with Crippen molar-refractivity contribution in [2.45, 2.75) is 6.92 Å². The Bertz CT molecular complexity index is 193. The highest BCUT2D eigenvalue weighted by atomic mass is 16.2. The predicted molar refractivity (Wildman–Crippen MR) is 32.2 cm³/mol. The minimum Gasteiger partial charge on any atom is -0.348 e. The van der Waals surface area contributed by atoms with Crippen LogP contribution in [0.5, 0.6) is 0 Å². The van der Waals surface area contributed by atoms with Gasteiger partial charge in [0.05, 0.1) is 6.54 Å². The van der Waals surface area contributed by atoms with E-state index in [0.29, 0.717) is 0 Å². The largest absolute Gasteiger partial charge is 0.348 e. The van der Waals surface area contributed by atoms with Crippen molar-refractivity contribution in [3.05, 3.63) is 0 Å². The molecule has 0 aromatic heterocycles. The van der Waals surface area contributed by atoms with Crippen LogP contribution in [0.3, 0.4) is 0 Å². The van der Waals surface area contributed by atoms with Gasteiger partial charge in [0.15, 0.2) is 11.7 Å². The van der Waals surface area contributed by atoms with Gasteiger partial charge in [-0.2, -0.15) is 0 Å². The summed E-state index contributed by atoms with van der Waals surface area (Å²) in [4.78, 5) is 32.0. The van der Waals surface area contributed by atoms with Crippen LogP contribution >= 0.6 is 0 Å². The van der Waals surface area contributed by atoms with Gasteiger partial charge in [-0.25, -0.2) is 0 Å². The van der Waals surface area contributed by atoms with E-state index in [0.717, 1.165) is 0 Å². The van der Waals surface area contributed by atoms with Gasteiger partial charge in [-0.3, -0.25) is 14.4 Å². The van der Waals surface area contributed by atoms with E-state index in [1.807, 2.05) is 0 Å². The van der Waals surface area contributed by atoms with E-state index in [1.54, 1.807) is 0 Å². The molecule has 1 heterocycles. The summed E-state index contributed by atoms with van der Waals surface area (Å²) in [5, 5.41) is 2.29. The van der Waals surface area contributed by atoms with E-state index >= 15 is 0 Å². The van der Waals surface area contributed by atoms with Gasteiger partial charge in [0, 0.05) is 0 Å². The fraction of sp³-hybridized carbons (Fsp3) is 0.500. The lowest BCUT2D eigenvalue weighted by Gasteiger charge is -1.95. The first-order valence-electron chi connectivity index (χ1n) is 2.94. The lowest BCUT2D eigenvalue weighted by Crippen LogP contribution is -2.25. The lowest BCUT2D eigenvalue weighted by molar-refractivity contribution is -0.135. The molecule has 0 aliphatic carbocycles. The molecule has 10 heavy (non-hydrogen) atoms. The number of ketones is 2. The number of rotatable bonds is 1. The molecular formula is C6H7NO3. The molecule has 4 nitrogen and oxygen atoms in total. The van der Waals surface area contributed by atoms with Gasteiger partial charge in [0.2, 0.25) is 5.91 Å². The molecule has 0 bridgehead atoms. The van der Waals surface area contributed by atoms with Gasteiger partial charge in [-0.1, -0.05) is 0 Å². The monoisotopic (exact) mass is 141 g/mol. The molecule has 1 aliphatic rings. The summed E-state index contributed by atoms with van der Waals surface area (Å²) in [5.41, 5.74) is 0. The number of hydrogen-bond donors (Lipinski definition) is 1. The number of nitrogens with one attached hydrogen (secondary N) is 1. The Labute approximate surface area is 57.6 Å². The van der Waals surface area contributed by atoms with Gasteiger partial charge >= 0.3 is 0 Å². The zero-order chi connectivity index (χ0) is 7.72. The van der Waals surface area contributed by atoms with Crippen LogP contribution in [-0.2, 0) is 14.4 Å². The predicted octanol–water partition coefficient (Wildman–Crippen LogP) is -1.11. The molecule has 1 N–H and O–H groups in total. The first kappa shape index (κ1) is 6.92. The van der Waals surface area contributed by atoms with E-state index in [2.05, 4.69) is 5.32 Å². The van der Waals surface area contributed by atoms with E-state index in [9.17, 15) is 14.4 Å². The highest BCUT2D eigenvalue weighted by Crippen LogP contribution is 2.05. The number of amides is 1. The maximum Gasteiger partial charge on any atom is 0.238 e. The Morgan fingerprint density at radius 3 is 2.40 bits per heavy atom. The van der Waals surface area contributed by atoms with E-state index in [4.69, 9.17) is 0 Å². The Hall–Kier alpha value is -1.19. The second-order valence-electron chi connectivity index (χ2n) is 2.23. The van der Waals surface area contributed by atoms with Crippen molar-refractivity contribution in [1.82, 2.24) is 5.32 Å². The van der Waals surface area contributed by atoms with Crippen LogP contribution in [0, 0.1) is 5.92 Å². The van der Waals surface area contributed by atoms with Crippen molar-refractivity contribution >= 4 is 17.5 Å². The fourth-order valence-corrected chi connectivity index (χ4v) is 0.936. The first-order chi connectivity index (χ1) is 4.63. The van der Waals surface area contributed by atoms with Crippen molar-refractivity contribution in [2.24, 2.45) is 5.92 Å². The van der Waals surface area contributed by atoms with E-state index in [-0.39, 0.29) is 18.1 Å². The highest BCUT2D eigenvalue weighted by molar-refractivity contribution is 6.22. The quantitative estimate of drug-likeness (QED) is 0.471. The summed E-state index contributed by atoms with van der Waals surface area (Å²) in [7, 11) is 0. The molecule has 0 unspecified atom stereocenters. The summed E-state index contributed by atoms with van der Waals surface area (Å²) in [6.07, 6.45) is 0. The third-order valence-electron chi connectivity index (χ3n) is 1.43. The molecule has 1 rings (SSSR count). The van der Waals surface area contributed by atoms with Crippen LogP contribution < -0.4 is 5.32 Å². The third kappa shape index (κ3) is 0.920. The molecule has 1 fully saturated rings. The minimum absolute atomic E-state index is 0.00306. The van der Waals surface area contributed by atoms with Gasteiger partial charge in [0.25, 0.3) is 0 Å². The van der Waals surface area contributed by atoms with Gasteiger partial charge in [0.1, 0.15) is 5.78 Å². The van der Waals surface area contributed by atoms with E-state index < -0.39 is 11.8 Å². The van der Waals surface area contributed by atoms with Crippen molar-refractivity contribution < 1.29 is 14.4 Å². The number of Topliss-reactive ketones (excluding diaryl/α,β-unsaturated/α-hetero) is 2. The van der Waals surface area contributed by atoms with Gasteiger partial charge in [-0.15, -0.1) is 0 Å². The zero-order valence-electron chi connectivity index (χ0n) is 5.51. The maximum absolute atomic E-state index is 10.7. The molecule has 0 spiro atoms. The topological polar surface area (TPSA) is 63.2 Å². The van der Waals surface area contributed by atoms with E-state index in [1.165, 1.54) is 6.92 Å². The molecule has 1 saturated heterocycles. The fourth-order valence-electron chi connectivity index (χ4n) is 0.936. The Morgan fingerprint density at radius 2 is 2.20 bits per heavy atom. The van der Waals surface area contributed by atoms with Gasteiger partial charge < -0.3 is 5.32 Å². The number of carbonyl (C=O) groups excluding carboxylic acids is 3. The SMILES string of the molecule is CC(=O)[C@@H]1C(=O)CNC1=O. The lowest BCUT2D eigenvalue weighted by atomic mass is 10.0. The molecule has 0 aromatic rings. The van der Waals surface area contributed by atoms with Crippen molar-refractivity contribution in [3.8, 4) is 0 Å². The minimum atomic E-state index is -1.03. The summed E-state index contributed by atoms with van der Waals surface area (Å²) < 4.78 is 0. The van der Waals surface area contributed by atoms with Gasteiger partial charge in [-0.05, 0) is 6.92 Å². The van der Waals surface area contributed by atoms with Crippen molar-refractivity contribution in [1.29, 1.82) is 0 Å². The van der Waals surface area contributed by atoms with Crippen LogP contribution in [0.2, 0.25) is 0 Å². The molecule has 54 valence electrons. The van der Waals surface area contributed by atoms with Crippen LogP contribution in [0.25, 0.3) is 0 Å². The molecule has 1 aliphatic heterocycles. The molecule has 0 saturated carbocycles. The average Bonchev–Trinajstić information content (AvgIpc) is 2.11. The molecular weight excluding hydrogens is 134 g/mol. The summed E-state index contributed by atoms with van der Waals surface area (Å²) >= 11 is 0. The molecule has 1 amide bonds. The molecule has 4 heteroatoms. The normalized spacial score (nSPS) is 24.7. The third-order valence-corrected chi connectivity index (χ3v) is 1.43. The summed E-state index contributed by atoms with van der Waals surface area (Å²) in [6.45, 7) is 1.25. The first-order valence-corrected chi connectivity index (χ1v) is 2.94.